The van der Waals surface area contributed by atoms with Gasteiger partial charge in [0.05, 0.1) is 0 Å². The molecule has 0 aliphatic heterocycles. The summed E-state index contributed by atoms with van der Waals surface area (Å²) in [6, 6.07) is 0.297. The quantitative estimate of drug-likeness (QED) is 0.408. The molecule has 0 aromatic rings. The Morgan fingerprint density at radius 2 is 2.25 bits per heavy atom. The fourth-order valence-electron chi connectivity index (χ4n) is 1.23. The highest BCUT2D eigenvalue weighted by molar-refractivity contribution is 5.98. The average molecular weight is 225 g/mol. The number of nitrogens with two attached hydrogens (primary N) is 1. The summed E-state index contributed by atoms with van der Waals surface area (Å²) in [6.45, 7) is 8.38. The number of methoxy groups -OCH3 is 1. The Morgan fingerprint density at radius 3 is 2.69 bits per heavy atom. The Morgan fingerprint density at radius 1 is 1.62 bits per heavy atom. The summed E-state index contributed by atoms with van der Waals surface area (Å²) in [4.78, 5) is 4.18. The lowest BCUT2D eigenvalue weighted by molar-refractivity contribution is 0.187. The molecule has 0 amide bonds. The van der Waals surface area contributed by atoms with Crippen LogP contribution in [-0.4, -0.2) is 32.6 Å². The van der Waals surface area contributed by atoms with Gasteiger partial charge in [0, 0.05) is 38.1 Å². The number of nitrogens with zero attached hydrogens (tertiary/aromatic N) is 1. The van der Waals surface area contributed by atoms with Crippen molar-refractivity contribution in [3.05, 3.63) is 23.9 Å². The van der Waals surface area contributed by atoms with Gasteiger partial charge in [-0.1, -0.05) is 6.58 Å². The number of allylic oxidation sites excluding steroid dienone is 1. The molecule has 1 unspecified atom stereocenters. The van der Waals surface area contributed by atoms with Crippen LogP contribution in [0.15, 0.2) is 28.9 Å². The smallest absolute Gasteiger partial charge is 0.125 e. The van der Waals surface area contributed by atoms with Crippen LogP contribution in [0, 0.1) is 0 Å². The average Bonchev–Trinajstić information content (AvgIpc) is 2.31. The van der Waals surface area contributed by atoms with E-state index in [0.717, 1.165) is 24.4 Å². The predicted molar refractivity (Wildman–Crippen MR) is 69.5 cm³/mol. The molecule has 4 nitrogen and oxygen atoms in total. The van der Waals surface area contributed by atoms with Gasteiger partial charge in [-0.25, -0.2) is 0 Å². The van der Waals surface area contributed by atoms with Crippen LogP contribution in [0.3, 0.4) is 0 Å². The zero-order chi connectivity index (χ0) is 12.6. The van der Waals surface area contributed by atoms with E-state index in [4.69, 9.17) is 10.5 Å². The zero-order valence-corrected chi connectivity index (χ0v) is 10.7. The second-order valence-electron chi connectivity index (χ2n) is 3.68. The first-order valence-electron chi connectivity index (χ1n) is 5.38. The van der Waals surface area contributed by atoms with Gasteiger partial charge in [0.1, 0.15) is 5.84 Å². The summed E-state index contributed by atoms with van der Waals surface area (Å²) < 4.78 is 5.02. The van der Waals surface area contributed by atoms with Crippen LogP contribution in [-0.2, 0) is 4.74 Å². The first-order chi connectivity index (χ1) is 7.56. The molecule has 0 fully saturated rings. The van der Waals surface area contributed by atoms with Crippen LogP contribution in [0.1, 0.15) is 20.3 Å². The zero-order valence-electron chi connectivity index (χ0n) is 10.7. The normalized spacial score (nSPS) is 15.4. The van der Waals surface area contributed by atoms with Gasteiger partial charge in [0.2, 0.25) is 0 Å². The van der Waals surface area contributed by atoms with Crippen LogP contribution in [0.25, 0.3) is 0 Å². The molecule has 0 saturated heterocycles. The maximum atomic E-state index is 5.78. The lowest BCUT2D eigenvalue weighted by Crippen LogP contribution is -2.34. The lowest BCUT2D eigenvalue weighted by Gasteiger charge is -2.17. The molecular weight excluding hydrogens is 202 g/mol. The number of ether oxygens (including phenoxy) is 1. The summed E-state index contributed by atoms with van der Waals surface area (Å²) in [5.41, 5.74) is 7.35. The van der Waals surface area contributed by atoms with Gasteiger partial charge in [0.25, 0.3) is 0 Å². The van der Waals surface area contributed by atoms with Crippen molar-refractivity contribution in [1.82, 2.24) is 5.32 Å². The van der Waals surface area contributed by atoms with Crippen molar-refractivity contribution in [2.24, 2.45) is 10.7 Å². The van der Waals surface area contributed by atoms with Gasteiger partial charge in [-0.2, -0.15) is 0 Å². The third-order valence-electron chi connectivity index (χ3n) is 2.37. The Kier molecular flexibility index (Phi) is 7.29. The van der Waals surface area contributed by atoms with Crippen LogP contribution >= 0.6 is 0 Å². The van der Waals surface area contributed by atoms with E-state index in [1.54, 1.807) is 20.2 Å². The highest BCUT2D eigenvalue weighted by Gasteiger charge is 2.08. The second kappa shape index (κ2) is 7.93. The van der Waals surface area contributed by atoms with Gasteiger partial charge in [0.15, 0.2) is 0 Å². The van der Waals surface area contributed by atoms with Crippen LogP contribution in [0.4, 0.5) is 0 Å². The molecule has 0 spiro atoms. The predicted octanol–water partition coefficient (Wildman–Crippen LogP) is 1.45. The Hall–Kier alpha value is -1.29. The molecule has 0 aromatic heterocycles. The van der Waals surface area contributed by atoms with Crippen molar-refractivity contribution >= 4 is 5.84 Å². The SMILES string of the molecule is C=C/C(N)=C(C)/C(=N\C)NC(C)CCOC. The standard InChI is InChI=1S/C12H23N3O/c1-6-11(13)10(3)12(14-4)15-9(2)7-8-16-5/h6,9H,1,7-8,13H2,2-5H3,(H,14,15)/b11-10-. The maximum absolute atomic E-state index is 5.78. The van der Waals surface area contributed by atoms with Crippen LogP contribution < -0.4 is 11.1 Å². The molecule has 0 radical (unpaired) electrons. The minimum absolute atomic E-state index is 0.297. The van der Waals surface area contributed by atoms with Crippen LogP contribution in [0.5, 0.6) is 0 Å². The number of hydrogen-bond acceptors (Lipinski definition) is 3. The van der Waals surface area contributed by atoms with Crippen molar-refractivity contribution in [2.45, 2.75) is 26.3 Å². The van der Waals surface area contributed by atoms with Gasteiger partial charge in [-0.15, -0.1) is 0 Å². The fraction of sp³-hybridized carbons (Fsp3) is 0.583. The van der Waals surface area contributed by atoms with Gasteiger partial charge < -0.3 is 15.8 Å². The molecule has 0 bridgehead atoms. The summed E-state index contributed by atoms with van der Waals surface area (Å²) in [7, 11) is 3.44. The summed E-state index contributed by atoms with van der Waals surface area (Å²) in [5.74, 6) is 0.806. The highest BCUT2D eigenvalue weighted by Crippen LogP contribution is 2.02. The number of nitrogens with one attached hydrogen (secondary N) is 1. The molecule has 4 heteroatoms. The largest absolute Gasteiger partial charge is 0.398 e. The van der Waals surface area contributed by atoms with E-state index in [1.165, 1.54) is 0 Å². The molecule has 3 N–H and O–H groups in total. The first kappa shape index (κ1) is 14.7. The Labute approximate surface area is 98.3 Å². The molecule has 0 aliphatic carbocycles. The molecule has 0 heterocycles. The van der Waals surface area contributed by atoms with Crippen molar-refractivity contribution in [2.75, 3.05) is 20.8 Å². The third-order valence-corrected chi connectivity index (χ3v) is 2.37. The summed E-state index contributed by atoms with van der Waals surface area (Å²) in [6.07, 6.45) is 2.55. The van der Waals surface area contributed by atoms with Crippen LogP contribution in [0.2, 0.25) is 0 Å². The van der Waals surface area contributed by atoms with E-state index in [0.29, 0.717) is 11.7 Å². The molecule has 0 rings (SSSR count). The van der Waals surface area contributed by atoms with E-state index in [2.05, 4.69) is 23.8 Å². The minimum Gasteiger partial charge on any atom is -0.398 e. The van der Waals surface area contributed by atoms with E-state index < -0.39 is 0 Å². The number of aliphatic imine (C=N–C) groups is 1. The van der Waals surface area contributed by atoms with Gasteiger partial charge in [-0.3, -0.25) is 4.99 Å². The fourth-order valence-corrected chi connectivity index (χ4v) is 1.23. The third kappa shape index (κ3) is 4.98. The van der Waals surface area contributed by atoms with Crippen molar-refractivity contribution in [1.29, 1.82) is 0 Å². The molecule has 0 aromatic carbocycles. The first-order valence-corrected chi connectivity index (χ1v) is 5.38. The van der Waals surface area contributed by atoms with Gasteiger partial charge in [-0.05, 0) is 26.3 Å². The summed E-state index contributed by atoms with van der Waals surface area (Å²) >= 11 is 0. The van der Waals surface area contributed by atoms with Crippen molar-refractivity contribution in [3.8, 4) is 0 Å². The number of amidine groups is 1. The van der Waals surface area contributed by atoms with E-state index in [-0.39, 0.29) is 0 Å². The number of hydrogen-bond donors (Lipinski definition) is 2. The molecule has 1 atom stereocenters. The minimum atomic E-state index is 0.297. The van der Waals surface area contributed by atoms with E-state index >= 15 is 0 Å². The molecule has 16 heavy (non-hydrogen) atoms. The monoisotopic (exact) mass is 225 g/mol. The van der Waals surface area contributed by atoms with E-state index in [9.17, 15) is 0 Å². The van der Waals surface area contributed by atoms with Gasteiger partial charge >= 0.3 is 0 Å². The van der Waals surface area contributed by atoms with Crippen molar-refractivity contribution < 1.29 is 4.74 Å². The Bertz CT molecular complexity index is 282. The molecule has 92 valence electrons. The maximum Gasteiger partial charge on any atom is 0.125 e. The topological polar surface area (TPSA) is 59.6 Å². The lowest BCUT2D eigenvalue weighted by atomic mass is 10.1. The summed E-state index contributed by atoms with van der Waals surface area (Å²) in [5, 5.41) is 3.30. The second-order valence-corrected chi connectivity index (χ2v) is 3.68. The van der Waals surface area contributed by atoms with Crippen molar-refractivity contribution in [3.63, 3.8) is 0 Å². The number of rotatable bonds is 6. The molecular formula is C12H23N3O. The highest BCUT2D eigenvalue weighted by atomic mass is 16.5. The Balaban J connectivity index is 4.49. The van der Waals surface area contributed by atoms with E-state index in [1.807, 2.05) is 6.92 Å². The molecule has 0 aliphatic rings. The molecule has 0 saturated carbocycles.